The highest BCUT2D eigenvalue weighted by Gasteiger charge is 2.18. The molecule has 2 aromatic carbocycles. The zero-order valence-electron chi connectivity index (χ0n) is 19.5. The van der Waals surface area contributed by atoms with Gasteiger partial charge in [-0.15, -0.1) is 0 Å². The summed E-state index contributed by atoms with van der Waals surface area (Å²) in [4.78, 5) is 14.6. The summed E-state index contributed by atoms with van der Waals surface area (Å²) < 4.78 is 15.3. The van der Waals surface area contributed by atoms with Crippen molar-refractivity contribution < 1.29 is 9.18 Å². The third-order valence-corrected chi connectivity index (χ3v) is 6.21. The maximum Gasteiger partial charge on any atom is 0.226 e. The number of nitrogens with one attached hydrogen (secondary N) is 1. The number of halogens is 2. The van der Waals surface area contributed by atoms with E-state index in [1.165, 1.54) is 12.1 Å². The fourth-order valence-corrected chi connectivity index (χ4v) is 4.09. The van der Waals surface area contributed by atoms with E-state index in [4.69, 9.17) is 11.6 Å². The number of aryl methyl sites for hydroxylation is 2. The standard InChI is InChI=1S/C26H27ClFN5O/c1-17-24(18(2)33(31-17)23-11-9-20(27)10-12-23)16-26(34)32(3)13-5-8-22-15-25(30-29-22)19-6-4-7-21(28)14-19/h4,6-7,9-12,14-15H,5,8,13,16H2,1-3H3,(H,29,30). The Kier molecular flexibility index (Phi) is 7.12. The highest BCUT2D eigenvalue weighted by molar-refractivity contribution is 6.30. The van der Waals surface area contributed by atoms with Crippen LogP contribution in [0.3, 0.4) is 0 Å². The molecule has 8 heteroatoms. The quantitative estimate of drug-likeness (QED) is 0.372. The van der Waals surface area contributed by atoms with Crippen molar-refractivity contribution in [3.8, 4) is 16.9 Å². The highest BCUT2D eigenvalue weighted by atomic mass is 35.5. The molecule has 176 valence electrons. The topological polar surface area (TPSA) is 66.8 Å². The molecule has 2 heterocycles. The molecule has 0 spiro atoms. The molecule has 0 bridgehead atoms. The molecule has 0 fully saturated rings. The van der Waals surface area contributed by atoms with Crippen LogP contribution < -0.4 is 0 Å². The van der Waals surface area contributed by atoms with Crippen LogP contribution in [0.25, 0.3) is 16.9 Å². The van der Waals surface area contributed by atoms with Gasteiger partial charge in [-0.1, -0.05) is 23.7 Å². The van der Waals surface area contributed by atoms with E-state index in [-0.39, 0.29) is 11.7 Å². The van der Waals surface area contributed by atoms with Gasteiger partial charge in [0.2, 0.25) is 5.91 Å². The fraction of sp³-hybridized carbons (Fsp3) is 0.269. The SMILES string of the molecule is Cc1nn(-c2ccc(Cl)cc2)c(C)c1CC(=O)N(C)CCCc1cc(-c2cccc(F)c2)n[nH]1. The summed E-state index contributed by atoms with van der Waals surface area (Å²) in [5.74, 6) is -0.238. The van der Waals surface area contributed by atoms with Crippen molar-refractivity contribution in [1.82, 2.24) is 24.9 Å². The second-order valence-corrected chi connectivity index (χ2v) is 8.86. The molecule has 0 atom stereocenters. The van der Waals surface area contributed by atoms with Gasteiger partial charge in [-0.05, 0) is 69.2 Å². The summed E-state index contributed by atoms with van der Waals surface area (Å²) in [5.41, 5.74) is 6.05. The Labute approximate surface area is 203 Å². The lowest BCUT2D eigenvalue weighted by atomic mass is 10.1. The van der Waals surface area contributed by atoms with Crippen molar-refractivity contribution in [2.45, 2.75) is 33.1 Å². The first-order valence-electron chi connectivity index (χ1n) is 11.2. The second kappa shape index (κ2) is 10.2. The molecule has 0 radical (unpaired) electrons. The molecule has 0 unspecified atom stereocenters. The average Bonchev–Trinajstić information content (AvgIpc) is 3.40. The van der Waals surface area contributed by atoms with E-state index >= 15 is 0 Å². The normalized spacial score (nSPS) is 11.1. The van der Waals surface area contributed by atoms with Crippen LogP contribution in [-0.4, -0.2) is 44.4 Å². The molecule has 1 amide bonds. The zero-order valence-corrected chi connectivity index (χ0v) is 20.2. The molecule has 34 heavy (non-hydrogen) atoms. The Hall–Kier alpha value is -3.45. The van der Waals surface area contributed by atoms with Gasteiger partial charge in [0.25, 0.3) is 0 Å². The minimum absolute atomic E-state index is 0.0481. The number of H-pyrrole nitrogens is 1. The number of likely N-dealkylation sites (N-methyl/N-ethyl adjacent to an activating group) is 1. The molecule has 0 aliphatic carbocycles. The van der Waals surface area contributed by atoms with Crippen LogP contribution in [0.4, 0.5) is 4.39 Å². The predicted octanol–water partition coefficient (Wildman–Crippen LogP) is 5.31. The first-order chi connectivity index (χ1) is 16.3. The molecular formula is C26H27ClFN5O. The van der Waals surface area contributed by atoms with Crippen molar-refractivity contribution in [2.24, 2.45) is 0 Å². The maximum absolute atomic E-state index is 13.4. The molecule has 0 aliphatic rings. The average molecular weight is 480 g/mol. The van der Waals surface area contributed by atoms with Crippen molar-refractivity contribution in [3.05, 3.63) is 88.1 Å². The van der Waals surface area contributed by atoms with Gasteiger partial charge in [0.05, 0.1) is 23.5 Å². The van der Waals surface area contributed by atoms with Crippen LogP contribution in [0.5, 0.6) is 0 Å². The lowest BCUT2D eigenvalue weighted by Gasteiger charge is -2.17. The summed E-state index contributed by atoms with van der Waals surface area (Å²) in [7, 11) is 1.82. The van der Waals surface area contributed by atoms with Gasteiger partial charge < -0.3 is 4.90 Å². The van der Waals surface area contributed by atoms with Crippen molar-refractivity contribution >= 4 is 17.5 Å². The van der Waals surface area contributed by atoms with Crippen LogP contribution in [0.2, 0.25) is 5.02 Å². The molecule has 0 aliphatic heterocycles. The molecule has 0 saturated heterocycles. The van der Waals surface area contributed by atoms with Gasteiger partial charge in [-0.25, -0.2) is 9.07 Å². The van der Waals surface area contributed by atoms with Gasteiger partial charge in [-0.2, -0.15) is 10.2 Å². The van der Waals surface area contributed by atoms with Crippen molar-refractivity contribution in [2.75, 3.05) is 13.6 Å². The summed E-state index contributed by atoms with van der Waals surface area (Å²) in [6, 6.07) is 15.8. The van der Waals surface area contributed by atoms with Gasteiger partial charge in [0.15, 0.2) is 0 Å². The van der Waals surface area contributed by atoms with Gasteiger partial charge in [-0.3, -0.25) is 9.89 Å². The van der Waals surface area contributed by atoms with Gasteiger partial charge in [0, 0.05) is 41.1 Å². The van der Waals surface area contributed by atoms with E-state index in [2.05, 4.69) is 15.3 Å². The molecule has 4 rings (SSSR count). The number of aromatic amines is 1. The lowest BCUT2D eigenvalue weighted by molar-refractivity contribution is -0.129. The van der Waals surface area contributed by atoms with E-state index < -0.39 is 0 Å². The van der Waals surface area contributed by atoms with E-state index in [1.807, 2.05) is 62.0 Å². The first-order valence-corrected chi connectivity index (χ1v) is 11.5. The maximum atomic E-state index is 13.4. The Morgan fingerprint density at radius 1 is 1.15 bits per heavy atom. The number of carbonyl (C=O) groups excluding carboxylic acids is 1. The number of benzene rings is 2. The molecule has 1 N–H and O–H groups in total. The number of aromatic nitrogens is 4. The minimum atomic E-state index is -0.286. The predicted molar refractivity (Wildman–Crippen MR) is 132 cm³/mol. The first kappa shape index (κ1) is 23.7. The summed E-state index contributed by atoms with van der Waals surface area (Å²) in [6.07, 6.45) is 1.83. The summed E-state index contributed by atoms with van der Waals surface area (Å²) >= 11 is 6.00. The third kappa shape index (κ3) is 5.37. The molecule has 4 aromatic rings. The van der Waals surface area contributed by atoms with Gasteiger partial charge >= 0.3 is 0 Å². The van der Waals surface area contributed by atoms with E-state index in [9.17, 15) is 9.18 Å². The number of carbonyl (C=O) groups is 1. The van der Waals surface area contributed by atoms with Crippen LogP contribution in [0, 0.1) is 19.7 Å². The molecule has 6 nitrogen and oxygen atoms in total. The van der Waals surface area contributed by atoms with Crippen molar-refractivity contribution in [3.63, 3.8) is 0 Å². The fourth-order valence-electron chi connectivity index (χ4n) is 3.97. The Morgan fingerprint density at radius 3 is 2.65 bits per heavy atom. The lowest BCUT2D eigenvalue weighted by Crippen LogP contribution is -2.29. The molecule has 0 saturated carbocycles. The second-order valence-electron chi connectivity index (χ2n) is 8.42. The Bertz CT molecular complexity index is 1300. The largest absolute Gasteiger partial charge is 0.345 e. The number of hydrogen-bond acceptors (Lipinski definition) is 3. The number of hydrogen-bond donors (Lipinski definition) is 1. The van der Waals surface area contributed by atoms with Gasteiger partial charge in [0.1, 0.15) is 5.82 Å². The smallest absolute Gasteiger partial charge is 0.226 e. The Morgan fingerprint density at radius 2 is 1.91 bits per heavy atom. The third-order valence-electron chi connectivity index (χ3n) is 5.96. The van der Waals surface area contributed by atoms with Crippen LogP contribution >= 0.6 is 11.6 Å². The number of nitrogens with zero attached hydrogens (tertiary/aromatic N) is 4. The summed E-state index contributed by atoms with van der Waals surface area (Å²) in [6.45, 7) is 4.53. The van der Waals surface area contributed by atoms with Crippen molar-refractivity contribution in [1.29, 1.82) is 0 Å². The van der Waals surface area contributed by atoms with Crippen LogP contribution in [0.1, 0.15) is 29.1 Å². The van der Waals surface area contributed by atoms with E-state index in [1.54, 1.807) is 11.0 Å². The molecular weight excluding hydrogens is 453 g/mol. The van der Waals surface area contributed by atoms with Crippen LogP contribution in [0.15, 0.2) is 54.6 Å². The molecule has 2 aromatic heterocycles. The minimum Gasteiger partial charge on any atom is -0.345 e. The van der Waals surface area contributed by atoms with Crippen LogP contribution in [-0.2, 0) is 17.6 Å². The highest BCUT2D eigenvalue weighted by Crippen LogP contribution is 2.21. The van der Waals surface area contributed by atoms with E-state index in [0.717, 1.165) is 46.7 Å². The summed E-state index contributed by atoms with van der Waals surface area (Å²) in [5, 5.41) is 12.6. The Balaban J connectivity index is 1.33. The zero-order chi connectivity index (χ0) is 24.2. The number of rotatable bonds is 8. The number of amides is 1. The van der Waals surface area contributed by atoms with E-state index in [0.29, 0.717) is 23.7 Å². The monoisotopic (exact) mass is 479 g/mol.